The topological polar surface area (TPSA) is 51.5 Å². The van der Waals surface area contributed by atoms with E-state index in [-0.39, 0.29) is 12.3 Å². The fourth-order valence-electron chi connectivity index (χ4n) is 2.72. The molecule has 0 aliphatic heterocycles. The van der Waals surface area contributed by atoms with Gasteiger partial charge < -0.3 is 9.64 Å². The molecular weight excluding hydrogens is 348 g/mol. The predicted octanol–water partition coefficient (Wildman–Crippen LogP) is 3.84. The molecular formula is C20H26N2O3S. The number of ether oxygens (including phenoxy) is 1. The average molecular weight is 375 g/mol. The quantitative estimate of drug-likeness (QED) is 0.590. The van der Waals surface area contributed by atoms with Gasteiger partial charge in [0.15, 0.2) is 0 Å². The first-order valence-electron chi connectivity index (χ1n) is 8.18. The molecule has 0 aliphatic rings. The lowest BCUT2D eigenvalue weighted by Gasteiger charge is -2.11. The molecule has 5 nitrogen and oxygen atoms in total. The monoisotopic (exact) mass is 374 g/mol. The Balaban J connectivity index is 0.00000243. The molecule has 140 valence electrons. The fourth-order valence-corrected chi connectivity index (χ4v) is 4.09. The van der Waals surface area contributed by atoms with E-state index in [2.05, 4.69) is 4.90 Å². The van der Waals surface area contributed by atoms with Crippen LogP contribution < -0.4 is 4.74 Å². The smallest absolute Gasteiger partial charge is 0.268 e. The highest BCUT2D eigenvalue weighted by Gasteiger charge is 2.19. The molecule has 0 unspecified atom stereocenters. The summed E-state index contributed by atoms with van der Waals surface area (Å²) in [5, 5.41) is 0.798. The maximum absolute atomic E-state index is 12.9. The molecule has 0 radical (unpaired) electrons. The summed E-state index contributed by atoms with van der Waals surface area (Å²) in [4.78, 5) is 2.37. The molecule has 0 N–H and O–H groups in total. The van der Waals surface area contributed by atoms with Crippen LogP contribution in [0.5, 0.6) is 5.75 Å². The van der Waals surface area contributed by atoms with Gasteiger partial charge >= 0.3 is 0 Å². The summed E-state index contributed by atoms with van der Waals surface area (Å²) in [6.07, 6.45) is 2.49. The van der Waals surface area contributed by atoms with Crippen molar-refractivity contribution in [1.29, 1.82) is 0 Å². The highest BCUT2D eigenvalue weighted by atomic mass is 32.2. The van der Waals surface area contributed by atoms with Crippen LogP contribution in [0.3, 0.4) is 0 Å². The normalized spacial score (nSPS) is 11.5. The van der Waals surface area contributed by atoms with Gasteiger partial charge in [0.05, 0.1) is 17.0 Å². The molecule has 0 atom stereocenters. The lowest BCUT2D eigenvalue weighted by atomic mass is 10.2. The Morgan fingerprint density at radius 3 is 2.42 bits per heavy atom. The van der Waals surface area contributed by atoms with Crippen molar-refractivity contribution >= 4 is 20.9 Å². The third kappa shape index (κ3) is 4.08. The molecule has 0 amide bonds. The minimum Gasteiger partial charge on any atom is -0.493 e. The van der Waals surface area contributed by atoms with Crippen LogP contribution in [0.15, 0.2) is 65.7 Å². The Bertz CT molecular complexity index is 948. The van der Waals surface area contributed by atoms with Crippen LogP contribution in [0.4, 0.5) is 0 Å². The number of rotatable bonds is 7. The van der Waals surface area contributed by atoms with Crippen LogP contribution in [0.2, 0.25) is 0 Å². The molecule has 3 aromatic rings. The van der Waals surface area contributed by atoms with E-state index in [0.717, 1.165) is 18.4 Å². The van der Waals surface area contributed by atoms with Gasteiger partial charge in [-0.15, -0.1) is 0 Å². The van der Waals surface area contributed by atoms with E-state index in [4.69, 9.17) is 4.74 Å². The molecule has 2 aromatic carbocycles. The first kappa shape index (κ1) is 20.0. The van der Waals surface area contributed by atoms with Gasteiger partial charge in [0.1, 0.15) is 5.75 Å². The zero-order chi connectivity index (χ0) is 17.9. The summed E-state index contributed by atoms with van der Waals surface area (Å²) < 4.78 is 32.9. The van der Waals surface area contributed by atoms with Crippen molar-refractivity contribution in [3.63, 3.8) is 0 Å². The second-order valence-corrected chi connectivity index (χ2v) is 7.94. The molecule has 0 saturated heterocycles. The second kappa shape index (κ2) is 8.38. The van der Waals surface area contributed by atoms with Crippen LogP contribution in [0.1, 0.15) is 13.8 Å². The molecule has 1 aromatic heterocycles. The molecule has 0 bridgehead atoms. The number of benzene rings is 2. The molecule has 0 aliphatic carbocycles. The number of hydrogen-bond acceptors (Lipinski definition) is 4. The molecule has 0 spiro atoms. The summed E-state index contributed by atoms with van der Waals surface area (Å²) in [7, 11) is 0.425. The minimum absolute atomic E-state index is 0. The third-order valence-corrected chi connectivity index (χ3v) is 5.67. The Hall–Kier alpha value is -2.31. The van der Waals surface area contributed by atoms with Gasteiger partial charge in [-0.2, -0.15) is 0 Å². The first-order valence-corrected chi connectivity index (χ1v) is 9.62. The van der Waals surface area contributed by atoms with E-state index in [1.165, 1.54) is 3.97 Å². The maximum atomic E-state index is 12.9. The van der Waals surface area contributed by atoms with E-state index < -0.39 is 10.0 Å². The van der Waals surface area contributed by atoms with Gasteiger partial charge in [0.2, 0.25) is 0 Å². The zero-order valence-electron chi connectivity index (χ0n) is 14.4. The molecule has 26 heavy (non-hydrogen) atoms. The van der Waals surface area contributed by atoms with Gasteiger partial charge in [0.25, 0.3) is 10.0 Å². The molecule has 6 heteroatoms. The van der Waals surface area contributed by atoms with E-state index in [1.54, 1.807) is 48.7 Å². The van der Waals surface area contributed by atoms with Crippen molar-refractivity contribution < 1.29 is 13.2 Å². The molecule has 1 heterocycles. The third-order valence-electron chi connectivity index (χ3n) is 3.96. The van der Waals surface area contributed by atoms with Gasteiger partial charge in [-0.1, -0.05) is 31.7 Å². The van der Waals surface area contributed by atoms with E-state index >= 15 is 0 Å². The second-order valence-electron chi connectivity index (χ2n) is 6.12. The Kier molecular flexibility index (Phi) is 6.45. The van der Waals surface area contributed by atoms with E-state index in [1.807, 2.05) is 26.2 Å². The van der Waals surface area contributed by atoms with Crippen molar-refractivity contribution in [1.82, 2.24) is 8.87 Å². The van der Waals surface area contributed by atoms with Gasteiger partial charge in [-0.3, -0.25) is 0 Å². The Labute approximate surface area is 155 Å². The lowest BCUT2D eigenvalue weighted by molar-refractivity contribution is 0.284. The number of nitrogens with zero attached hydrogens (tertiary/aromatic N) is 2. The number of aromatic nitrogens is 1. The zero-order valence-corrected chi connectivity index (χ0v) is 15.2. The van der Waals surface area contributed by atoms with Crippen LogP contribution in [0, 0.1) is 0 Å². The van der Waals surface area contributed by atoms with Crippen molar-refractivity contribution in [3.8, 4) is 5.75 Å². The number of hydrogen-bond donors (Lipinski definition) is 0. The van der Waals surface area contributed by atoms with Crippen LogP contribution >= 0.6 is 0 Å². The molecule has 0 fully saturated rings. The van der Waals surface area contributed by atoms with Crippen molar-refractivity contribution in [2.45, 2.75) is 18.7 Å². The van der Waals surface area contributed by atoms with Gasteiger partial charge in [-0.05, 0) is 50.8 Å². The summed E-state index contributed by atoms with van der Waals surface area (Å²) in [5.74, 6) is 0.707. The van der Waals surface area contributed by atoms with Crippen molar-refractivity contribution in [2.75, 3.05) is 27.2 Å². The highest BCUT2D eigenvalue weighted by molar-refractivity contribution is 7.90. The van der Waals surface area contributed by atoms with Crippen LogP contribution in [-0.2, 0) is 10.0 Å². The van der Waals surface area contributed by atoms with E-state index in [9.17, 15) is 8.42 Å². The summed E-state index contributed by atoms with van der Waals surface area (Å²) >= 11 is 0. The van der Waals surface area contributed by atoms with Gasteiger partial charge in [-0.25, -0.2) is 12.4 Å². The summed E-state index contributed by atoms with van der Waals surface area (Å²) in [5.41, 5.74) is 0.619. The highest BCUT2D eigenvalue weighted by Crippen LogP contribution is 2.29. The fraction of sp³-hybridized carbons (Fsp3) is 0.300. The van der Waals surface area contributed by atoms with Crippen molar-refractivity contribution in [3.05, 3.63) is 60.8 Å². The number of fused-ring (bicyclic) bond motifs is 1. The molecule has 3 rings (SSSR count). The largest absolute Gasteiger partial charge is 0.493 e. The van der Waals surface area contributed by atoms with Crippen molar-refractivity contribution in [2.24, 2.45) is 0 Å². The standard InChI is InChI=1S/C19H22N2O3S.CH4/c1-20(2)13-7-15-24-19-11-6-10-18-17(19)12-14-21(18)25(22,23)16-8-4-3-5-9-16;/h3-6,8-12,14H,7,13,15H2,1-2H3;1H4. The molecule has 0 saturated carbocycles. The summed E-state index contributed by atoms with van der Waals surface area (Å²) in [6.45, 7) is 1.54. The Morgan fingerprint density at radius 1 is 1.00 bits per heavy atom. The van der Waals surface area contributed by atoms with Crippen LogP contribution in [-0.4, -0.2) is 44.5 Å². The Morgan fingerprint density at radius 2 is 1.73 bits per heavy atom. The average Bonchev–Trinajstić information content (AvgIpc) is 3.05. The first-order chi connectivity index (χ1) is 12.0. The summed E-state index contributed by atoms with van der Waals surface area (Å²) in [6, 6.07) is 15.7. The SMILES string of the molecule is C.CN(C)CCCOc1cccc2c1ccn2S(=O)(=O)c1ccccc1. The van der Waals surface area contributed by atoms with Crippen LogP contribution in [0.25, 0.3) is 10.9 Å². The van der Waals surface area contributed by atoms with E-state index in [0.29, 0.717) is 17.9 Å². The minimum atomic E-state index is -3.62. The predicted molar refractivity (Wildman–Crippen MR) is 106 cm³/mol. The van der Waals surface area contributed by atoms with Gasteiger partial charge in [0, 0.05) is 18.1 Å². The maximum Gasteiger partial charge on any atom is 0.268 e. The lowest BCUT2D eigenvalue weighted by Crippen LogP contribution is -2.15.